The Bertz CT molecular complexity index is 1340. The van der Waals surface area contributed by atoms with Crippen LogP contribution in [0.15, 0.2) is 30.3 Å². The van der Waals surface area contributed by atoms with Crippen LogP contribution in [0.3, 0.4) is 0 Å². The standard InChI is InChI=1S/C53H94N4O10/c1-6-9-12-15-18-24-43-63-52(60)65-45-26-20-36-56(37-21-27-46-66-53(61)64-44-25-19-16-13-10-7-2)40-41-57(38-22-28-47-67-51(59)62-42-23-17-14-11-8-3)39-35-54-50(58)34-31-48-29-32-49(33-30-48)55(4)5/h29-34H,6-28,35-47H2,1-5H3,(H,54,58)/b34-31+. The van der Waals surface area contributed by atoms with Crippen molar-refractivity contribution >= 4 is 36.1 Å². The van der Waals surface area contributed by atoms with E-state index in [-0.39, 0.29) is 12.5 Å². The summed E-state index contributed by atoms with van der Waals surface area (Å²) in [6.45, 7) is 13.6. The van der Waals surface area contributed by atoms with Gasteiger partial charge in [-0.05, 0) is 101 Å². The molecule has 0 radical (unpaired) electrons. The number of rotatable bonds is 44. The molecule has 0 aliphatic carbocycles. The Kier molecular flexibility index (Phi) is 40.5. The van der Waals surface area contributed by atoms with Gasteiger partial charge >= 0.3 is 18.5 Å². The van der Waals surface area contributed by atoms with E-state index in [1.807, 2.05) is 49.3 Å². The second-order valence-electron chi connectivity index (χ2n) is 17.7. The second kappa shape index (κ2) is 44.5. The third-order valence-corrected chi connectivity index (χ3v) is 11.5. The van der Waals surface area contributed by atoms with Crippen LogP contribution in [0.1, 0.15) is 174 Å². The molecule has 14 nitrogen and oxygen atoms in total. The first-order valence-electron chi connectivity index (χ1n) is 26.2. The Hall–Kier alpha value is -4.04. The molecule has 1 aromatic rings. The van der Waals surface area contributed by atoms with Gasteiger partial charge in [-0.1, -0.05) is 123 Å². The summed E-state index contributed by atoms with van der Waals surface area (Å²) in [5.41, 5.74) is 2.04. The number of amides is 1. The fourth-order valence-electron chi connectivity index (χ4n) is 7.25. The summed E-state index contributed by atoms with van der Waals surface area (Å²) in [7, 11) is 3.99. The summed E-state index contributed by atoms with van der Waals surface area (Å²) in [6.07, 6.45) is 25.0. The predicted molar refractivity (Wildman–Crippen MR) is 271 cm³/mol. The van der Waals surface area contributed by atoms with Crippen LogP contribution in [0.25, 0.3) is 6.08 Å². The van der Waals surface area contributed by atoms with Crippen molar-refractivity contribution in [2.24, 2.45) is 0 Å². The maximum atomic E-state index is 12.8. The third kappa shape index (κ3) is 38.6. The number of hydrogen-bond acceptors (Lipinski definition) is 13. The molecule has 1 amide bonds. The van der Waals surface area contributed by atoms with Gasteiger partial charge in [0.05, 0.1) is 39.6 Å². The SMILES string of the molecule is CCCCCCCCOC(=O)OCCCCN(CCCCOC(=O)OCCCCCCCC)CCN(CCCCOC(=O)OCCCCCCC)CCNC(=O)/C=C/c1ccc(N(C)C)cc1. The van der Waals surface area contributed by atoms with Crippen molar-refractivity contribution in [3.8, 4) is 0 Å². The second-order valence-corrected chi connectivity index (χ2v) is 17.7. The highest BCUT2D eigenvalue weighted by Crippen LogP contribution is 2.13. The third-order valence-electron chi connectivity index (χ3n) is 11.5. The van der Waals surface area contributed by atoms with Crippen LogP contribution >= 0.6 is 0 Å². The van der Waals surface area contributed by atoms with Crippen LogP contribution in [0.4, 0.5) is 20.1 Å². The van der Waals surface area contributed by atoms with Gasteiger partial charge in [0.15, 0.2) is 0 Å². The van der Waals surface area contributed by atoms with Gasteiger partial charge in [0.25, 0.3) is 0 Å². The van der Waals surface area contributed by atoms with Gasteiger partial charge in [0, 0.05) is 52.0 Å². The zero-order chi connectivity index (χ0) is 48.8. The minimum Gasteiger partial charge on any atom is -0.434 e. The Morgan fingerprint density at radius 2 is 0.761 bits per heavy atom. The molecule has 67 heavy (non-hydrogen) atoms. The molecule has 0 spiro atoms. The largest absolute Gasteiger partial charge is 0.508 e. The highest BCUT2D eigenvalue weighted by molar-refractivity contribution is 5.91. The molecule has 0 atom stereocenters. The number of carbonyl (C=O) groups excluding carboxylic acids is 4. The van der Waals surface area contributed by atoms with E-state index in [0.717, 1.165) is 121 Å². The van der Waals surface area contributed by atoms with Crippen molar-refractivity contribution in [1.82, 2.24) is 15.1 Å². The number of ether oxygens (including phenoxy) is 6. The van der Waals surface area contributed by atoms with E-state index < -0.39 is 18.5 Å². The maximum absolute atomic E-state index is 12.8. The van der Waals surface area contributed by atoms with Gasteiger partial charge in [-0.25, -0.2) is 14.4 Å². The first-order chi connectivity index (χ1) is 32.7. The first kappa shape index (κ1) is 61.0. The quantitative estimate of drug-likeness (QED) is 0.0287. The summed E-state index contributed by atoms with van der Waals surface area (Å²) in [5.74, 6) is -0.155. The van der Waals surface area contributed by atoms with Crippen LogP contribution in [-0.2, 0) is 33.2 Å². The van der Waals surface area contributed by atoms with E-state index in [1.165, 1.54) is 51.4 Å². The Labute approximate surface area is 406 Å². The van der Waals surface area contributed by atoms with Gasteiger partial charge in [0.1, 0.15) is 0 Å². The molecule has 1 aromatic carbocycles. The topological polar surface area (TPSA) is 145 Å². The molecular formula is C53H94N4O10. The smallest absolute Gasteiger partial charge is 0.434 e. The minimum atomic E-state index is -0.613. The molecular weight excluding hydrogens is 853 g/mol. The lowest BCUT2D eigenvalue weighted by Crippen LogP contribution is -2.40. The summed E-state index contributed by atoms with van der Waals surface area (Å²) >= 11 is 0. The van der Waals surface area contributed by atoms with Gasteiger partial charge in [0.2, 0.25) is 5.91 Å². The molecule has 1 rings (SSSR count). The number of anilines is 1. The van der Waals surface area contributed by atoms with Gasteiger partial charge in [-0.2, -0.15) is 0 Å². The minimum absolute atomic E-state index is 0.155. The Morgan fingerprint density at radius 3 is 1.12 bits per heavy atom. The van der Waals surface area contributed by atoms with Gasteiger partial charge < -0.3 is 48.4 Å². The fourth-order valence-corrected chi connectivity index (χ4v) is 7.25. The summed E-state index contributed by atoms with van der Waals surface area (Å²) in [5, 5.41) is 3.04. The zero-order valence-corrected chi connectivity index (χ0v) is 42.8. The number of carbonyl (C=O) groups is 4. The molecule has 0 saturated heterocycles. The first-order valence-corrected chi connectivity index (χ1v) is 26.2. The van der Waals surface area contributed by atoms with Crippen LogP contribution in [-0.4, -0.2) is 134 Å². The molecule has 0 aromatic heterocycles. The lowest BCUT2D eigenvalue weighted by molar-refractivity contribution is -0.116. The summed E-state index contributed by atoms with van der Waals surface area (Å²) < 4.78 is 31.9. The normalized spacial score (nSPS) is 11.3. The highest BCUT2D eigenvalue weighted by atomic mass is 16.7. The lowest BCUT2D eigenvalue weighted by atomic mass is 10.1. The lowest BCUT2D eigenvalue weighted by Gasteiger charge is -2.28. The predicted octanol–water partition coefficient (Wildman–Crippen LogP) is 12.0. The highest BCUT2D eigenvalue weighted by Gasteiger charge is 2.13. The van der Waals surface area contributed by atoms with E-state index in [0.29, 0.717) is 65.4 Å². The summed E-state index contributed by atoms with van der Waals surface area (Å²) in [6, 6.07) is 8.02. The van der Waals surface area contributed by atoms with Crippen molar-refractivity contribution < 1.29 is 47.6 Å². The summed E-state index contributed by atoms with van der Waals surface area (Å²) in [4.78, 5) is 56.0. The number of benzene rings is 1. The number of nitrogens with one attached hydrogen (secondary N) is 1. The monoisotopic (exact) mass is 947 g/mol. The number of unbranched alkanes of at least 4 members (excludes halogenated alkanes) is 17. The maximum Gasteiger partial charge on any atom is 0.508 e. The Morgan fingerprint density at radius 1 is 0.433 bits per heavy atom. The fraction of sp³-hybridized carbons (Fsp3) is 0.774. The van der Waals surface area contributed by atoms with E-state index in [1.54, 1.807) is 6.08 Å². The van der Waals surface area contributed by atoms with Gasteiger partial charge in [-0.15, -0.1) is 0 Å². The molecule has 14 heteroatoms. The average Bonchev–Trinajstić information content (AvgIpc) is 3.32. The molecule has 0 unspecified atom stereocenters. The average molecular weight is 947 g/mol. The van der Waals surface area contributed by atoms with Crippen LogP contribution in [0.2, 0.25) is 0 Å². The number of hydrogen-bond donors (Lipinski definition) is 1. The van der Waals surface area contributed by atoms with Crippen molar-refractivity contribution in [1.29, 1.82) is 0 Å². The van der Waals surface area contributed by atoms with E-state index >= 15 is 0 Å². The van der Waals surface area contributed by atoms with E-state index in [4.69, 9.17) is 28.4 Å². The molecule has 0 aliphatic heterocycles. The van der Waals surface area contributed by atoms with E-state index in [9.17, 15) is 19.2 Å². The molecule has 386 valence electrons. The molecule has 0 saturated carbocycles. The Balaban J connectivity index is 2.75. The van der Waals surface area contributed by atoms with Crippen LogP contribution < -0.4 is 10.2 Å². The molecule has 0 aliphatic rings. The van der Waals surface area contributed by atoms with Crippen LogP contribution in [0.5, 0.6) is 0 Å². The molecule has 0 heterocycles. The van der Waals surface area contributed by atoms with Crippen molar-refractivity contribution in [3.63, 3.8) is 0 Å². The van der Waals surface area contributed by atoms with Crippen molar-refractivity contribution in [2.75, 3.05) is 104 Å². The van der Waals surface area contributed by atoms with E-state index in [2.05, 4.69) is 35.9 Å². The van der Waals surface area contributed by atoms with Crippen LogP contribution in [0, 0.1) is 0 Å². The van der Waals surface area contributed by atoms with Crippen molar-refractivity contribution in [2.45, 2.75) is 168 Å². The zero-order valence-electron chi connectivity index (χ0n) is 42.8. The molecule has 0 bridgehead atoms. The number of nitrogens with zero attached hydrogens (tertiary/aromatic N) is 3. The molecule has 1 N–H and O–H groups in total. The van der Waals surface area contributed by atoms with Crippen molar-refractivity contribution in [3.05, 3.63) is 35.9 Å². The molecule has 0 fully saturated rings. The van der Waals surface area contributed by atoms with Gasteiger partial charge in [-0.3, -0.25) is 4.79 Å².